The van der Waals surface area contributed by atoms with Crippen LogP contribution >= 0.6 is 0 Å². The quantitative estimate of drug-likeness (QED) is 0.847. The normalized spacial score (nSPS) is 26.8. The highest BCUT2D eigenvalue weighted by Gasteiger charge is 2.47. The van der Waals surface area contributed by atoms with Crippen molar-refractivity contribution in [2.75, 3.05) is 40.5 Å². The minimum Gasteiger partial charge on any atom is -0.494 e. The molecule has 0 radical (unpaired) electrons. The van der Waals surface area contributed by atoms with Gasteiger partial charge in [0, 0.05) is 37.8 Å². The van der Waals surface area contributed by atoms with Gasteiger partial charge in [0.25, 0.3) is 5.91 Å². The van der Waals surface area contributed by atoms with E-state index in [1.807, 2.05) is 4.90 Å². The van der Waals surface area contributed by atoms with Crippen LogP contribution in [0.25, 0.3) is 0 Å². The van der Waals surface area contributed by atoms with Crippen LogP contribution in [0.15, 0.2) is 18.2 Å². The van der Waals surface area contributed by atoms with E-state index in [0.29, 0.717) is 25.3 Å². The molecule has 3 rings (SSSR count). The smallest absolute Gasteiger partial charge is 0.254 e. The van der Waals surface area contributed by atoms with Crippen molar-refractivity contribution < 1.29 is 23.4 Å². The monoisotopic (exact) mass is 337 g/mol. The predicted molar refractivity (Wildman–Crippen MR) is 86.8 cm³/mol. The van der Waals surface area contributed by atoms with Crippen molar-refractivity contribution in [3.63, 3.8) is 0 Å². The summed E-state index contributed by atoms with van der Waals surface area (Å²) in [7, 11) is 3.08. The van der Waals surface area contributed by atoms with Gasteiger partial charge in [-0.05, 0) is 37.5 Å². The Morgan fingerprint density at radius 3 is 3.04 bits per heavy atom. The van der Waals surface area contributed by atoms with Crippen molar-refractivity contribution in [1.82, 2.24) is 4.90 Å². The molecule has 2 saturated heterocycles. The van der Waals surface area contributed by atoms with Crippen molar-refractivity contribution in [3.8, 4) is 5.75 Å². The lowest BCUT2D eigenvalue weighted by Crippen LogP contribution is -2.58. The fourth-order valence-corrected chi connectivity index (χ4v) is 3.94. The highest BCUT2D eigenvalue weighted by molar-refractivity contribution is 5.94. The number of ether oxygens (including phenoxy) is 3. The Bertz CT molecular complexity index is 605. The van der Waals surface area contributed by atoms with E-state index < -0.39 is 5.82 Å². The van der Waals surface area contributed by atoms with E-state index in [-0.39, 0.29) is 23.2 Å². The number of likely N-dealkylation sites (tertiary alicyclic amines) is 1. The molecule has 0 saturated carbocycles. The number of carbonyl (C=O) groups is 1. The fraction of sp³-hybridized carbons (Fsp3) is 0.611. The molecule has 2 fully saturated rings. The van der Waals surface area contributed by atoms with Crippen molar-refractivity contribution in [1.29, 1.82) is 0 Å². The standard InChI is InChI=1S/C18H24FNO4/c1-22-12-18-7-3-9-24-16(18)6-8-20(11-18)17(21)13-4-5-14(19)15(10-13)23-2/h4-5,10,16H,3,6-9,11-12H2,1-2H3/t16-,18+/m0/s1. The molecular formula is C18H24FNO4. The van der Waals surface area contributed by atoms with E-state index >= 15 is 0 Å². The van der Waals surface area contributed by atoms with Crippen LogP contribution in [0, 0.1) is 11.2 Å². The summed E-state index contributed by atoms with van der Waals surface area (Å²) >= 11 is 0. The molecule has 0 unspecified atom stereocenters. The number of hydrogen-bond donors (Lipinski definition) is 0. The van der Waals surface area contributed by atoms with E-state index in [1.54, 1.807) is 7.11 Å². The van der Waals surface area contributed by atoms with Crippen LogP contribution in [0.4, 0.5) is 4.39 Å². The maximum absolute atomic E-state index is 13.6. The highest BCUT2D eigenvalue weighted by Crippen LogP contribution is 2.40. The largest absolute Gasteiger partial charge is 0.494 e. The molecule has 5 nitrogen and oxygen atoms in total. The summed E-state index contributed by atoms with van der Waals surface area (Å²) in [6.07, 6.45) is 2.90. The van der Waals surface area contributed by atoms with Gasteiger partial charge in [-0.3, -0.25) is 4.79 Å². The van der Waals surface area contributed by atoms with Gasteiger partial charge in [-0.25, -0.2) is 4.39 Å². The Kier molecular flexibility index (Phi) is 5.06. The van der Waals surface area contributed by atoms with Gasteiger partial charge in [-0.2, -0.15) is 0 Å². The van der Waals surface area contributed by atoms with Gasteiger partial charge < -0.3 is 19.1 Å². The van der Waals surface area contributed by atoms with Gasteiger partial charge in [0.05, 0.1) is 19.8 Å². The second kappa shape index (κ2) is 7.07. The molecule has 2 heterocycles. The van der Waals surface area contributed by atoms with Gasteiger partial charge >= 0.3 is 0 Å². The first kappa shape index (κ1) is 17.2. The number of amides is 1. The minimum atomic E-state index is -0.468. The van der Waals surface area contributed by atoms with Crippen LogP contribution in [0.1, 0.15) is 29.6 Å². The summed E-state index contributed by atoms with van der Waals surface area (Å²) in [6, 6.07) is 4.24. The predicted octanol–water partition coefficient (Wildman–Crippen LogP) is 2.49. The summed E-state index contributed by atoms with van der Waals surface area (Å²) in [5.41, 5.74) is 0.293. The Morgan fingerprint density at radius 1 is 1.46 bits per heavy atom. The molecule has 0 spiro atoms. The minimum absolute atomic E-state index is 0.0864. The summed E-state index contributed by atoms with van der Waals surface area (Å²) in [5, 5.41) is 0. The number of rotatable bonds is 4. The first-order valence-electron chi connectivity index (χ1n) is 8.33. The fourth-order valence-electron chi connectivity index (χ4n) is 3.94. The molecule has 24 heavy (non-hydrogen) atoms. The summed E-state index contributed by atoms with van der Waals surface area (Å²) in [4.78, 5) is 14.7. The molecule has 1 amide bonds. The topological polar surface area (TPSA) is 48.0 Å². The van der Waals surface area contributed by atoms with Crippen molar-refractivity contribution in [3.05, 3.63) is 29.6 Å². The maximum Gasteiger partial charge on any atom is 0.254 e. The van der Waals surface area contributed by atoms with E-state index in [2.05, 4.69) is 0 Å². The molecule has 0 aromatic heterocycles. The first-order valence-corrected chi connectivity index (χ1v) is 8.33. The number of benzene rings is 1. The number of fused-ring (bicyclic) bond motifs is 1. The van der Waals surface area contributed by atoms with Gasteiger partial charge in [0.2, 0.25) is 0 Å². The first-order chi connectivity index (χ1) is 11.6. The number of nitrogens with zero attached hydrogens (tertiary/aromatic N) is 1. The number of piperidine rings is 1. The van der Waals surface area contributed by atoms with Gasteiger partial charge in [0.1, 0.15) is 0 Å². The zero-order valence-electron chi connectivity index (χ0n) is 14.2. The zero-order chi connectivity index (χ0) is 17.2. The SMILES string of the molecule is COC[C@]12CCCO[C@H]1CCN(C(=O)c1ccc(F)c(OC)c1)C2. The molecule has 6 heteroatoms. The second-order valence-corrected chi connectivity index (χ2v) is 6.62. The van der Waals surface area contributed by atoms with E-state index in [1.165, 1.54) is 25.3 Å². The summed E-state index contributed by atoms with van der Waals surface area (Å²) < 4.78 is 29.9. The van der Waals surface area contributed by atoms with Gasteiger partial charge in [-0.15, -0.1) is 0 Å². The lowest BCUT2D eigenvalue weighted by molar-refractivity contribution is -0.142. The van der Waals surface area contributed by atoms with Crippen LogP contribution < -0.4 is 4.74 Å². The van der Waals surface area contributed by atoms with Crippen molar-refractivity contribution >= 4 is 5.91 Å². The van der Waals surface area contributed by atoms with Crippen LogP contribution in [0.3, 0.4) is 0 Å². The van der Waals surface area contributed by atoms with Gasteiger partial charge in [-0.1, -0.05) is 0 Å². The highest BCUT2D eigenvalue weighted by atomic mass is 19.1. The summed E-state index contributed by atoms with van der Waals surface area (Å²) in [6.45, 7) is 2.59. The Morgan fingerprint density at radius 2 is 2.29 bits per heavy atom. The molecule has 0 aliphatic carbocycles. The van der Waals surface area contributed by atoms with Crippen LogP contribution in [-0.2, 0) is 9.47 Å². The third-order valence-electron chi connectivity index (χ3n) is 5.11. The van der Waals surface area contributed by atoms with E-state index in [0.717, 1.165) is 25.9 Å². The molecule has 0 N–H and O–H groups in total. The Hall–Kier alpha value is -1.66. The van der Waals surface area contributed by atoms with Crippen molar-refractivity contribution in [2.45, 2.75) is 25.4 Å². The zero-order valence-corrected chi connectivity index (χ0v) is 14.2. The Balaban J connectivity index is 1.80. The maximum atomic E-state index is 13.6. The molecule has 2 aliphatic rings. The number of methoxy groups -OCH3 is 2. The molecule has 132 valence electrons. The molecule has 1 aromatic rings. The lowest BCUT2D eigenvalue weighted by Gasteiger charge is -2.50. The number of hydrogen-bond acceptors (Lipinski definition) is 4. The molecular weight excluding hydrogens is 313 g/mol. The molecule has 0 bridgehead atoms. The molecule has 1 aromatic carbocycles. The molecule has 2 atom stereocenters. The lowest BCUT2D eigenvalue weighted by atomic mass is 9.73. The average Bonchev–Trinajstić information content (AvgIpc) is 2.61. The number of carbonyl (C=O) groups excluding carboxylic acids is 1. The second-order valence-electron chi connectivity index (χ2n) is 6.62. The van der Waals surface area contributed by atoms with Crippen LogP contribution in [-0.4, -0.2) is 57.4 Å². The van der Waals surface area contributed by atoms with Crippen molar-refractivity contribution in [2.24, 2.45) is 5.41 Å². The average molecular weight is 337 g/mol. The summed E-state index contributed by atoms with van der Waals surface area (Å²) in [5.74, 6) is -0.486. The number of halogens is 1. The van der Waals surface area contributed by atoms with Crippen LogP contribution in [0.5, 0.6) is 5.75 Å². The van der Waals surface area contributed by atoms with E-state index in [4.69, 9.17) is 14.2 Å². The van der Waals surface area contributed by atoms with Crippen LogP contribution in [0.2, 0.25) is 0 Å². The third-order valence-corrected chi connectivity index (χ3v) is 5.11. The third kappa shape index (κ3) is 3.13. The molecule has 2 aliphatic heterocycles. The Labute approximate surface area is 141 Å². The van der Waals surface area contributed by atoms with Gasteiger partial charge in [0.15, 0.2) is 11.6 Å². The van der Waals surface area contributed by atoms with E-state index in [9.17, 15) is 9.18 Å².